The summed E-state index contributed by atoms with van der Waals surface area (Å²) in [7, 11) is 1.70. The average molecular weight is 289 g/mol. The summed E-state index contributed by atoms with van der Waals surface area (Å²) in [4.78, 5) is 4.54. The zero-order chi connectivity index (χ0) is 15.2. The van der Waals surface area contributed by atoms with Crippen molar-refractivity contribution in [2.75, 3.05) is 25.6 Å². The van der Waals surface area contributed by atoms with Gasteiger partial charge in [-0.3, -0.25) is 4.57 Å². The molecule has 1 atom stereocenters. The molecule has 5 heteroatoms. The van der Waals surface area contributed by atoms with Gasteiger partial charge in [-0.05, 0) is 32.9 Å². The van der Waals surface area contributed by atoms with Gasteiger partial charge in [-0.2, -0.15) is 0 Å². The highest BCUT2D eigenvalue weighted by molar-refractivity contribution is 5.46. The number of hydrogen-bond acceptors (Lipinski definition) is 4. The van der Waals surface area contributed by atoms with Crippen LogP contribution in [0.3, 0.4) is 0 Å². The SMILES string of the molecule is CCOc1cccc(-n2cc(C)nc2NC(C)COC)c1. The summed E-state index contributed by atoms with van der Waals surface area (Å²) < 4.78 is 12.8. The lowest BCUT2D eigenvalue weighted by Gasteiger charge is -2.15. The van der Waals surface area contributed by atoms with Crippen LogP contribution in [0.1, 0.15) is 19.5 Å². The minimum absolute atomic E-state index is 0.186. The number of anilines is 1. The van der Waals surface area contributed by atoms with E-state index in [0.29, 0.717) is 13.2 Å². The Hall–Kier alpha value is -2.01. The van der Waals surface area contributed by atoms with Crippen LogP contribution >= 0.6 is 0 Å². The molecule has 2 rings (SSSR count). The van der Waals surface area contributed by atoms with E-state index in [2.05, 4.69) is 17.2 Å². The summed E-state index contributed by atoms with van der Waals surface area (Å²) in [5.41, 5.74) is 1.98. The quantitative estimate of drug-likeness (QED) is 0.851. The van der Waals surface area contributed by atoms with Crippen molar-refractivity contribution in [3.05, 3.63) is 36.2 Å². The Morgan fingerprint density at radius 3 is 2.90 bits per heavy atom. The summed E-state index contributed by atoms with van der Waals surface area (Å²) in [5.74, 6) is 1.67. The molecule has 1 heterocycles. The number of methoxy groups -OCH3 is 1. The van der Waals surface area contributed by atoms with Gasteiger partial charge in [-0.1, -0.05) is 6.07 Å². The van der Waals surface area contributed by atoms with Crippen LogP contribution in [0.4, 0.5) is 5.95 Å². The summed E-state index contributed by atoms with van der Waals surface area (Å²) in [6.45, 7) is 7.31. The standard InChI is InChI=1S/C16H23N3O2/c1-5-21-15-8-6-7-14(9-15)19-10-12(2)17-16(19)18-13(3)11-20-4/h6-10,13H,5,11H2,1-4H3,(H,17,18). The molecular formula is C16H23N3O2. The maximum Gasteiger partial charge on any atom is 0.208 e. The van der Waals surface area contributed by atoms with E-state index in [1.165, 1.54) is 0 Å². The molecule has 0 spiro atoms. The number of rotatable bonds is 7. The van der Waals surface area contributed by atoms with Gasteiger partial charge in [0.25, 0.3) is 0 Å². The van der Waals surface area contributed by atoms with Crippen molar-refractivity contribution in [1.29, 1.82) is 0 Å². The summed E-state index contributed by atoms with van der Waals surface area (Å²) in [6.07, 6.45) is 2.01. The van der Waals surface area contributed by atoms with E-state index >= 15 is 0 Å². The molecular weight excluding hydrogens is 266 g/mol. The van der Waals surface area contributed by atoms with E-state index in [4.69, 9.17) is 9.47 Å². The molecule has 1 N–H and O–H groups in total. The number of nitrogens with zero attached hydrogens (tertiary/aromatic N) is 2. The van der Waals surface area contributed by atoms with Crippen LogP contribution in [0.5, 0.6) is 5.75 Å². The molecule has 0 amide bonds. The summed E-state index contributed by atoms with van der Waals surface area (Å²) in [5, 5.41) is 3.37. The van der Waals surface area contributed by atoms with E-state index in [9.17, 15) is 0 Å². The van der Waals surface area contributed by atoms with Crippen LogP contribution < -0.4 is 10.1 Å². The number of aromatic nitrogens is 2. The van der Waals surface area contributed by atoms with Gasteiger partial charge in [0.05, 0.1) is 24.6 Å². The monoisotopic (exact) mass is 289 g/mol. The van der Waals surface area contributed by atoms with Crippen molar-refractivity contribution in [3.63, 3.8) is 0 Å². The topological polar surface area (TPSA) is 48.3 Å². The maximum atomic E-state index is 5.56. The fourth-order valence-corrected chi connectivity index (χ4v) is 2.20. The molecule has 0 saturated heterocycles. The molecule has 5 nitrogen and oxygen atoms in total. The normalized spacial score (nSPS) is 12.2. The number of imidazole rings is 1. The third-order valence-corrected chi connectivity index (χ3v) is 3.03. The number of aryl methyl sites for hydroxylation is 1. The Morgan fingerprint density at radius 2 is 2.19 bits per heavy atom. The minimum Gasteiger partial charge on any atom is -0.494 e. The summed E-state index contributed by atoms with van der Waals surface area (Å²) in [6, 6.07) is 8.17. The van der Waals surface area contributed by atoms with Crippen LogP contribution in [0, 0.1) is 6.92 Å². The molecule has 0 saturated carbocycles. The Bertz CT molecular complexity index is 581. The van der Waals surface area contributed by atoms with E-state index in [1.807, 2.05) is 48.9 Å². The molecule has 0 aliphatic rings. The van der Waals surface area contributed by atoms with E-state index in [1.54, 1.807) is 7.11 Å². The van der Waals surface area contributed by atoms with Crippen molar-refractivity contribution < 1.29 is 9.47 Å². The van der Waals surface area contributed by atoms with Crippen molar-refractivity contribution in [2.24, 2.45) is 0 Å². The smallest absolute Gasteiger partial charge is 0.208 e. The van der Waals surface area contributed by atoms with Gasteiger partial charge in [0.1, 0.15) is 5.75 Å². The van der Waals surface area contributed by atoms with E-state index < -0.39 is 0 Å². The number of benzene rings is 1. The molecule has 2 aromatic rings. The highest BCUT2D eigenvalue weighted by Gasteiger charge is 2.11. The van der Waals surface area contributed by atoms with Gasteiger partial charge >= 0.3 is 0 Å². The third kappa shape index (κ3) is 3.98. The van der Waals surface area contributed by atoms with Gasteiger partial charge in [0, 0.05) is 25.4 Å². The minimum atomic E-state index is 0.186. The first-order chi connectivity index (χ1) is 10.1. The van der Waals surface area contributed by atoms with Crippen molar-refractivity contribution in [2.45, 2.75) is 26.8 Å². The first-order valence-corrected chi connectivity index (χ1v) is 7.18. The van der Waals surface area contributed by atoms with Gasteiger partial charge in [-0.15, -0.1) is 0 Å². The number of hydrogen-bond donors (Lipinski definition) is 1. The van der Waals surface area contributed by atoms with Crippen LogP contribution in [-0.4, -0.2) is 35.9 Å². The van der Waals surface area contributed by atoms with Crippen molar-refractivity contribution in [1.82, 2.24) is 9.55 Å². The molecule has 0 fully saturated rings. The number of nitrogens with one attached hydrogen (secondary N) is 1. The Balaban J connectivity index is 2.28. The molecule has 0 radical (unpaired) electrons. The first kappa shape index (κ1) is 15.4. The second kappa shape index (κ2) is 7.13. The molecule has 21 heavy (non-hydrogen) atoms. The highest BCUT2D eigenvalue weighted by Crippen LogP contribution is 2.21. The van der Waals surface area contributed by atoms with Crippen molar-refractivity contribution in [3.8, 4) is 11.4 Å². The lowest BCUT2D eigenvalue weighted by Crippen LogP contribution is -2.22. The van der Waals surface area contributed by atoms with Gasteiger partial charge in [-0.25, -0.2) is 4.98 Å². The lowest BCUT2D eigenvalue weighted by molar-refractivity contribution is 0.190. The largest absolute Gasteiger partial charge is 0.494 e. The zero-order valence-electron chi connectivity index (χ0n) is 13.1. The maximum absolute atomic E-state index is 5.56. The summed E-state index contributed by atoms with van der Waals surface area (Å²) >= 11 is 0. The molecule has 114 valence electrons. The Labute approximate surface area is 125 Å². The van der Waals surface area contributed by atoms with Gasteiger partial charge < -0.3 is 14.8 Å². The van der Waals surface area contributed by atoms with Crippen LogP contribution in [0.25, 0.3) is 5.69 Å². The fourth-order valence-electron chi connectivity index (χ4n) is 2.20. The van der Waals surface area contributed by atoms with Crippen molar-refractivity contribution >= 4 is 5.95 Å². The third-order valence-electron chi connectivity index (χ3n) is 3.03. The zero-order valence-corrected chi connectivity index (χ0v) is 13.1. The molecule has 1 aromatic carbocycles. The fraction of sp³-hybridized carbons (Fsp3) is 0.438. The van der Waals surface area contributed by atoms with Gasteiger partial charge in [0.15, 0.2) is 0 Å². The van der Waals surface area contributed by atoms with E-state index in [-0.39, 0.29) is 6.04 Å². The average Bonchev–Trinajstić information content (AvgIpc) is 2.80. The predicted molar refractivity (Wildman–Crippen MR) is 84.4 cm³/mol. The molecule has 1 unspecified atom stereocenters. The second-order valence-corrected chi connectivity index (χ2v) is 5.01. The Morgan fingerprint density at radius 1 is 1.38 bits per heavy atom. The molecule has 0 aliphatic heterocycles. The molecule has 0 aliphatic carbocycles. The van der Waals surface area contributed by atoms with Crippen LogP contribution in [-0.2, 0) is 4.74 Å². The van der Waals surface area contributed by atoms with Crippen LogP contribution in [0.2, 0.25) is 0 Å². The van der Waals surface area contributed by atoms with Crippen LogP contribution in [0.15, 0.2) is 30.5 Å². The Kier molecular flexibility index (Phi) is 5.22. The second-order valence-electron chi connectivity index (χ2n) is 5.01. The van der Waals surface area contributed by atoms with E-state index in [0.717, 1.165) is 23.1 Å². The number of ether oxygens (including phenoxy) is 2. The predicted octanol–water partition coefficient (Wildman–Crippen LogP) is 3.03. The molecule has 1 aromatic heterocycles. The first-order valence-electron chi connectivity index (χ1n) is 7.18. The van der Waals surface area contributed by atoms with Gasteiger partial charge in [0.2, 0.25) is 5.95 Å². The highest BCUT2D eigenvalue weighted by atomic mass is 16.5. The molecule has 0 bridgehead atoms. The lowest BCUT2D eigenvalue weighted by atomic mass is 10.3.